The van der Waals surface area contributed by atoms with Gasteiger partial charge < -0.3 is 9.63 Å². The number of hydrogen-bond donors (Lipinski definition) is 1. The van der Waals surface area contributed by atoms with Gasteiger partial charge >= 0.3 is 5.97 Å². The zero-order chi connectivity index (χ0) is 22.1. The van der Waals surface area contributed by atoms with Gasteiger partial charge in [-0.2, -0.15) is 4.98 Å². The Morgan fingerprint density at radius 3 is 2.53 bits per heavy atom. The first-order valence-electron chi connectivity index (χ1n) is 11.0. The van der Waals surface area contributed by atoms with E-state index in [1.54, 1.807) is 0 Å². The van der Waals surface area contributed by atoms with E-state index in [1.165, 1.54) is 11.1 Å². The van der Waals surface area contributed by atoms with Crippen LogP contribution in [0.25, 0.3) is 33.6 Å². The lowest BCUT2D eigenvalue weighted by molar-refractivity contribution is -0.147. The summed E-state index contributed by atoms with van der Waals surface area (Å²) in [7, 11) is 0. The van der Waals surface area contributed by atoms with Crippen molar-refractivity contribution in [3.05, 3.63) is 71.8 Å². The molecule has 0 aliphatic carbocycles. The molecule has 0 amide bonds. The minimum atomic E-state index is -0.714. The molecule has 0 spiro atoms. The van der Waals surface area contributed by atoms with E-state index >= 15 is 0 Å². The number of carboxylic acids is 1. The van der Waals surface area contributed by atoms with Gasteiger partial charge in [-0.05, 0) is 40.5 Å². The summed E-state index contributed by atoms with van der Waals surface area (Å²) in [6.45, 7) is 4.09. The molecule has 1 aliphatic rings. The molecule has 1 fully saturated rings. The van der Waals surface area contributed by atoms with Gasteiger partial charge in [0.25, 0.3) is 5.89 Å². The Morgan fingerprint density at radius 1 is 1.06 bits per heavy atom. The van der Waals surface area contributed by atoms with Crippen LogP contribution in [0.2, 0.25) is 0 Å². The van der Waals surface area contributed by atoms with Crippen LogP contribution in [0.4, 0.5) is 0 Å². The fourth-order valence-corrected chi connectivity index (χ4v) is 4.34. The van der Waals surface area contributed by atoms with E-state index in [2.05, 4.69) is 52.3 Å². The SMILES string of the molecule is CCCc1ccc(-c2nc(-c3ccc(CN4CC(C(=O)O)C4)c4ccccc34)no2)cc1. The van der Waals surface area contributed by atoms with Crippen LogP contribution in [-0.2, 0) is 17.8 Å². The van der Waals surface area contributed by atoms with Gasteiger partial charge in [-0.1, -0.05) is 67.0 Å². The van der Waals surface area contributed by atoms with E-state index < -0.39 is 5.97 Å². The van der Waals surface area contributed by atoms with Crippen molar-refractivity contribution in [2.75, 3.05) is 13.1 Å². The zero-order valence-electron chi connectivity index (χ0n) is 18.0. The molecule has 0 radical (unpaired) electrons. The van der Waals surface area contributed by atoms with Crippen LogP contribution in [0.3, 0.4) is 0 Å². The zero-order valence-corrected chi connectivity index (χ0v) is 18.0. The van der Waals surface area contributed by atoms with Crippen molar-refractivity contribution in [3.63, 3.8) is 0 Å². The van der Waals surface area contributed by atoms with Crippen molar-refractivity contribution in [1.29, 1.82) is 0 Å². The van der Waals surface area contributed by atoms with Gasteiger partial charge in [-0.25, -0.2) is 0 Å². The van der Waals surface area contributed by atoms with Crippen LogP contribution in [0.1, 0.15) is 24.5 Å². The van der Waals surface area contributed by atoms with E-state index in [1.807, 2.05) is 30.3 Å². The van der Waals surface area contributed by atoms with Crippen molar-refractivity contribution < 1.29 is 14.4 Å². The molecule has 0 saturated carbocycles. The molecule has 32 heavy (non-hydrogen) atoms. The third-order valence-corrected chi connectivity index (χ3v) is 6.12. The van der Waals surface area contributed by atoms with Gasteiger partial charge in [0.05, 0.1) is 5.92 Å². The summed E-state index contributed by atoms with van der Waals surface area (Å²) in [5.74, 6) is 0.107. The molecule has 1 N–H and O–H groups in total. The summed E-state index contributed by atoms with van der Waals surface area (Å²) in [6.07, 6.45) is 2.17. The number of rotatable bonds is 7. The standard InChI is InChI=1S/C26H25N3O3/c1-2-5-17-8-10-18(11-9-17)25-27-24(28-32-25)23-13-12-19(21-6-3-4-7-22(21)23)14-29-15-20(16-29)26(30)31/h3-4,6-13,20H,2,5,14-16H2,1H3,(H,30,31). The number of hydrogen-bond acceptors (Lipinski definition) is 5. The second-order valence-corrected chi connectivity index (χ2v) is 8.42. The average Bonchev–Trinajstić information content (AvgIpc) is 3.26. The highest BCUT2D eigenvalue weighted by atomic mass is 16.5. The van der Waals surface area contributed by atoms with Gasteiger partial charge in [-0.3, -0.25) is 9.69 Å². The number of aryl methyl sites for hydroxylation is 1. The van der Waals surface area contributed by atoms with Crippen molar-refractivity contribution >= 4 is 16.7 Å². The molecule has 2 heterocycles. The Labute approximate surface area is 186 Å². The lowest BCUT2D eigenvalue weighted by Crippen LogP contribution is -2.49. The molecule has 5 rings (SSSR count). The molecule has 0 atom stereocenters. The Morgan fingerprint density at radius 2 is 1.81 bits per heavy atom. The van der Waals surface area contributed by atoms with Crippen molar-refractivity contribution in [3.8, 4) is 22.8 Å². The number of nitrogens with zero attached hydrogens (tertiary/aromatic N) is 3. The Balaban J connectivity index is 1.42. The third kappa shape index (κ3) is 3.89. The predicted molar refractivity (Wildman–Crippen MR) is 123 cm³/mol. The molecule has 0 unspecified atom stereocenters. The topological polar surface area (TPSA) is 79.5 Å². The number of benzene rings is 3. The minimum absolute atomic E-state index is 0.255. The van der Waals surface area contributed by atoms with E-state index in [-0.39, 0.29) is 5.92 Å². The first-order valence-corrected chi connectivity index (χ1v) is 11.0. The van der Waals surface area contributed by atoms with E-state index in [4.69, 9.17) is 9.63 Å². The van der Waals surface area contributed by atoms with Crippen molar-refractivity contribution in [2.45, 2.75) is 26.3 Å². The molecule has 6 heteroatoms. The summed E-state index contributed by atoms with van der Waals surface area (Å²) in [4.78, 5) is 17.9. The predicted octanol–water partition coefficient (Wildman–Crippen LogP) is 5.03. The Kier molecular flexibility index (Phi) is 5.45. The number of fused-ring (bicyclic) bond motifs is 1. The summed E-state index contributed by atoms with van der Waals surface area (Å²) < 4.78 is 5.58. The van der Waals surface area contributed by atoms with E-state index in [0.29, 0.717) is 24.8 Å². The lowest BCUT2D eigenvalue weighted by Gasteiger charge is -2.36. The van der Waals surface area contributed by atoms with Crippen LogP contribution in [-0.4, -0.2) is 39.2 Å². The van der Waals surface area contributed by atoms with E-state index in [9.17, 15) is 4.79 Å². The number of likely N-dealkylation sites (tertiary alicyclic amines) is 1. The van der Waals surface area contributed by atoms with Gasteiger partial charge in [0.1, 0.15) is 0 Å². The smallest absolute Gasteiger partial charge is 0.309 e. The number of carbonyl (C=O) groups is 1. The Bertz CT molecular complexity index is 1260. The quantitative estimate of drug-likeness (QED) is 0.446. The second kappa shape index (κ2) is 8.55. The first-order chi connectivity index (χ1) is 15.6. The molecule has 6 nitrogen and oxygen atoms in total. The van der Waals surface area contributed by atoms with Crippen molar-refractivity contribution in [1.82, 2.24) is 15.0 Å². The maximum atomic E-state index is 11.1. The van der Waals surface area contributed by atoms with Crippen LogP contribution < -0.4 is 0 Å². The molecule has 3 aromatic carbocycles. The largest absolute Gasteiger partial charge is 0.481 e. The highest BCUT2D eigenvalue weighted by Gasteiger charge is 2.32. The third-order valence-electron chi connectivity index (χ3n) is 6.12. The summed E-state index contributed by atoms with van der Waals surface area (Å²) >= 11 is 0. The van der Waals surface area contributed by atoms with Crippen molar-refractivity contribution in [2.24, 2.45) is 5.92 Å². The summed E-state index contributed by atoms with van der Waals surface area (Å²) in [5, 5.41) is 15.6. The summed E-state index contributed by atoms with van der Waals surface area (Å²) in [5.41, 5.74) is 4.31. The summed E-state index contributed by atoms with van der Waals surface area (Å²) in [6, 6.07) is 20.6. The van der Waals surface area contributed by atoms with Gasteiger partial charge in [0.2, 0.25) is 5.82 Å². The molecule has 162 valence electrons. The highest BCUT2D eigenvalue weighted by Crippen LogP contribution is 2.32. The van der Waals surface area contributed by atoms with E-state index in [0.717, 1.165) is 41.3 Å². The molecular weight excluding hydrogens is 402 g/mol. The van der Waals surface area contributed by atoms with Crippen LogP contribution in [0.15, 0.2) is 65.2 Å². The Hall–Kier alpha value is -3.51. The monoisotopic (exact) mass is 427 g/mol. The van der Waals surface area contributed by atoms with Gasteiger partial charge in [-0.15, -0.1) is 0 Å². The average molecular weight is 428 g/mol. The number of carboxylic acid groups (broad SMARTS) is 1. The van der Waals surface area contributed by atoms with Crippen LogP contribution >= 0.6 is 0 Å². The minimum Gasteiger partial charge on any atom is -0.481 e. The molecule has 1 aliphatic heterocycles. The molecule has 0 bridgehead atoms. The van der Waals surface area contributed by atoms with Crippen LogP contribution in [0.5, 0.6) is 0 Å². The lowest BCUT2D eigenvalue weighted by atomic mass is 9.95. The maximum absolute atomic E-state index is 11.1. The number of aliphatic carboxylic acids is 1. The molecule has 1 aromatic heterocycles. The molecule has 4 aromatic rings. The fraction of sp³-hybridized carbons (Fsp3) is 0.269. The first kappa shape index (κ1) is 20.4. The van der Waals surface area contributed by atoms with Crippen LogP contribution in [0, 0.1) is 5.92 Å². The normalized spacial score (nSPS) is 14.5. The van der Waals surface area contributed by atoms with Gasteiger partial charge in [0.15, 0.2) is 0 Å². The highest BCUT2D eigenvalue weighted by molar-refractivity contribution is 5.97. The maximum Gasteiger partial charge on any atom is 0.309 e. The fourth-order valence-electron chi connectivity index (χ4n) is 4.34. The molecule has 1 saturated heterocycles. The van der Waals surface area contributed by atoms with Gasteiger partial charge in [0, 0.05) is 30.8 Å². The molecular formula is C26H25N3O3. The number of aromatic nitrogens is 2. The second-order valence-electron chi connectivity index (χ2n) is 8.42.